The summed E-state index contributed by atoms with van der Waals surface area (Å²) in [6.07, 6.45) is 2.14. The number of hydrogen-bond acceptors (Lipinski definition) is 2. The minimum absolute atomic E-state index is 0. The van der Waals surface area contributed by atoms with Gasteiger partial charge in [0.15, 0.2) is 0 Å². The Morgan fingerprint density at radius 2 is 2.00 bits per heavy atom. The van der Waals surface area contributed by atoms with Crippen LogP contribution in [0.2, 0.25) is 0 Å². The van der Waals surface area contributed by atoms with Crippen LogP contribution in [-0.2, 0) is 22.1 Å². The monoisotopic (exact) mass is 227 g/mol. The summed E-state index contributed by atoms with van der Waals surface area (Å²) in [5, 5.41) is 2.78. The Balaban J connectivity index is 0.00000225. The van der Waals surface area contributed by atoms with Crippen molar-refractivity contribution in [2.45, 2.75) is 24.8 Å². The maximum atomic E-state index is 11.1. The maximum Gasteiger partial charge on any atom is 0.219 e. The Morgan fingerprint density at radius 3 is 2.47 bits per heavy atom. The van der Waals surface area contributed by atoms with Crippen molar-refractivity contribution in [3.05, 3.63) is 29.8 Å². The van der Waals surface area contributed by atoms with Gasteiger partial charge in [-0.3, -0.25) is 9.00 Å². The highest BCUT2D eigenvalue weighted by Gasteiger charge is 1.99. The van der Waals surface area contributed by atoms with Crippen molar-refractivity contribution in [2.24, 2.45) is 0 Å². The Labute approximate surface area is 93.8 Å². The molecule has 0 aliphatic carbocycles. The van der Waals surface area contributed by atoms with E-state index in [9.17, 15) is 9.00 Å². The van der Waals surface area contributed by atoms with E-state index in [0.29, 0.717) is 13.0 Å². The number of carbonyl (C=O) groups is 1. The first-order chi connectivity index (χ1) is 7.13. The van der Waals surface area contributed by atoms with Gasteiger partial charge in [-0.05, 0) is 17.7 Å². The third kappa shape index (κ3) is 3.83. The molecule has 15 heavy (non-hydrogen) atoms. The lowest BCUT2D eigenvalue weighted by atomic mass is 10.2. The van der Waals surface area contributed by atoms with Crippen LogP contribution >= 0.6 is 0 Å². The summed E-state index contributed by atoms with van der Waals surface area (Å²) in [4.78, 5) is 11.8. The largest absolute Gasteiger partial charge is 0.352 e. The van der Waals surface area contributed by atoms with Gasteiger partial charge in [-0.2, -0.15) is 0 Å². The van der Waals surface area contributed by atoms with E-state index in [-0.39, 0.29) is 7.33 Å². The normalized spacial score (nSPS) is 12.1. The molecule has 1 aromatic carbocycles. The molecule has 1 amide bonds. The molecule has 1 atom stereocenters. The minimum Gasteiger partial charge on any atom is -0.352 e. The van der Waals surface area contributed by atoms with Gasteiger partial charge in [-0.25, -0.2) is 0 Å². The van der Waals surface area contributed by atoms with Gasteiger partial charge in [0.2, 0.25) is 5.91 Å². The van der Waals surface area contributed by atoms with Gasteiger partial charge in [0.05, 0.1) is 0 Å². The fourth-order valence-electron chi connectivity index (χ4n) is 1.12. The van der Waals surface area contributed by atoms with Crippen molar-refractivity contribution < 1.29 is 10.4 Å². The molecular formula is C11H17NO2S. The first-order valence-electron chi connectivity index (χ1n) is 4.82. The van der Waals surface area contributed by atoms with Gasteiger partial charge in [-0.1, -0.05) is 19.1 Å². The summed E-state index contributed by atoms with van der Waals surface area (Å²) in [6.45, 7) is 2.35. The number of rotatable bonds is 4. The molecular weight excluding hydrogens is 210 g/mol. The summed E-state index contributed by atoms with van der Waals surface area (Å²) in [5.74, 6) is 0.0399. The highest BCUT2D eigenvalue weighted by molar-refractivity contribution is 7.84. The maximum absolute atomic E-state index is 11.1. The molecule has 0 bridgehead atoms. The van der Waals surface area contributed by atoms with Crippen molar-refractivity contribution in [1.82, 2.24) is 5.32 Å². The fourth-order valence-corrected chi connectivity index (χ4v) is 1.64. The molecule has 3 nitrogen and oxygen atoms in total. The van der Waals surface area contributed by atoms with Crippen LogP contribution in [0, 0.1) is 0 Å². The van der Waals surface area contributed by atoms with Crippen molar-refractivity contribution in [2.75, 3.05) is 6.26 Å². The minimum atomic E-state index is -0.939. The highest BCUT2D eigenvalue weighted by Crippen LogP contribution is 2.07. The summed E-state index contributed by atoms with van der Waals surface area (Å²) < 4.78 is 11.1. The van der Waals surface area contributed by atoms with Crippen LogP contribution in [0.25, 0.3) is 0 Å². The molecule has 4 heteroatoms. The Hall–Kier alpha value is -1.16. The van der Waals surface area contributed by atoms with Crippen molar-refractivity contribution in [3.63, 3.8) is 0 Å². The molecule has 0 spiro atoms. The fraction of sp³-hybridized carbons (Fsp3) is 0.364. The van der Waals surface area contributed by atoms with E-state index >= 15 is 0 Å². The Kier molecular flexibility index (Phi) is 4.49. The van der Waals surface area contributed by atoms with Gasteiger partial charge < -0.3 is 5.32 Å². The average molecular weight is 227 g/mol. The number of hydrogen-bond donors (Lipinski definition) is 1. The zero-order valence-corrected chi connectivity index (χ0v) is 9.76. The van der Waals surface area contributed by atoms with Gasteiger partial charge in [-0.15, -0.1) is 0 Å². The van der Waals surface area contributed by atoms with Crippen LogP contribution in [-0.4, -0.2) is 16.4 Å². The second-order valence-electron chi connectivity index (χ2n) is 3.23. The smallest absolute Gasteiger partial charge is 0.219 e. The van der Waals surface area contributed by atoms with Crippen LogP contribution in [0.15, 0.2) is 29.2 Å². The highest BCUT2D eigenvalue weighted by atomic mass is 32.2. The molecule has 84 valence electrons. The van der Waals surface area contributed by atoms with E-state index in [4.69, 9.17) is 0 Å². The topological polar surface area (TPSA) is 46.2 Å². The molecule has 1 unspecified atom stereocenters. The van der Waals surface area contributed by atoms with E-state index in [0.717, 1.165) is 10.5 Å². The average Bonchev–Trinajstić information content (AvgIpc) is 2.26. The molecule has 0 aliphatic rings. The van der Waals surface area contributed by atoms with E-state index in [2.05, 4.69) is 5.32 Å². The molecule has 1 rings (SSSR count). The molecule has 0 fully saturated rings. The predicted molar refractivity (Wildman–Crippen MR) is 63.0 cm³/mol. The lowest BCUT2D eigenvalue weighted by Crippen LogP contribution is -2.21. The SMILES string of the molecule is CCC(=O)NCc1ccc(S(C)=O)cc1.[HH]. The molecule has 1 N–H and O–H groups in total. The molecule has 0 radical (unpaired) electrons. The summed E-state index contributed by atoms with van der Waals surface area (Å²) in [6, 6.07) is 7.41. The van der Waals surface area contributed by atoms with Crippen LogP contribution in [0.4, 0.5) is 0 Å². The second kappa shape index (κ2) is 5.66. The first kappa shape index (κ1) is 11.9. The zero-order valence-electron chi connectivity index (χ0n) is 8.95. The molecule has 1 aromatic rings. The summed E-state index contributed by atoms with van der Waals surface area (Å²) in [7, 11) is -0.939. The third-order valence-electron chi connectivity index (χ3n) is 2.07. The summed E-state index contributed by atoms with van der Waals surface area (Å²) in [5.41, 5.74) is 1.02. The number of benzene rings is 1. The van der Waals surface area contributed by atoms with E-state index in [1.54, 1.807) is 6.26 Å². The number of amides is 1. The Morgan fingerprint density at radius 1 is 1.40 bits per heavy atom. The lowest BCUT2D eigenvalue weighted by molar-refractivity contribution is -0.120. The van der Waals surface area contributed by atoms with Gasteiger partial charge in [0.1, 0.15) is 0 Å². The molecule has 0 heterocycles. The van der Waals surface area contributed by atoms with Gasteiger partial charge >= 0.3 is 0 Å². The standard InChI is InChI=1S/C11H15NO2S.H2/c1-3-11(13)12-8-9-4-6-10(7-5-9)15(2)14;/h4-7H,3,8H2,1-2H3,(H,12,13);1H. The van der Waals surface area contributed by atoms with Gasteiger partial charge in [0, 0.05) is 36.3 Å². The van der Waals surface area contributed by atoms with Crippen LogP contribution in [0.5, 0.6) is 0 Å². The lowest BCUT2D eigenvalue weighted by Gasteiger charge is -2.04. The number of nitrogens with one attached hydrogen (secondary N) is 1. The van der Waals surface area contributed by atoms with E-state index in [1.165, 1.54) is 0 Å². The molecule has 0 aliphatic heterocycles. The predicted octanol–water partition coefficient (Wildman–Crippen LogP) is 1.70. The van der Waals surface area contributed by atoms with Crippen LogP contribution in [0.1, 0.15) is 20.3 Å². The quantitative estimate of drug-likeness (QED) is 0.851. The van der Waals surface area contributed by atoms with Crippen LogP contribution < -0.4 is 5.32 Å². The molecule has 0 aromatic heterocycles. The van der Waals surface area contributed by atoms with E-state index in [1.807, 2.05) is 31.2 Å². The second-order valence-corrected chi connectivity index (χ2v) is 4.61. The number of carbonyl (C=O) groups excluding carboxylic acids is 1. The zero-order chi connectivity index (χ0) is 11.3. The first-order valence-corrected chi connectivity index (χ1v) is 6.38. The third-order valence-corrected chi connectivity index (χ3v) is 3.00. The van der Waals surface area contributed by atoms with Crippen LogP contribution in [0.3, 0.4) is 0 Å². The van der Waals surface area contributed by atoms with Crippen molar-refractivity contribution >= 4 is 16.7 Å². The van der Waals surface area contributed by atoms with E-state index < -0.39 is 10.8 Å². The summed E-state index contributed by atoms with van der Waals surface area (Å²) >= 11 is 0. The van der Waals surface area contributed by atoms with Crippen molar-refractivity contribution in [3.8, 4) is 0 Å². The van der Waals surface area contributed by atoms with Gasteiger partial charge in [0.25, 0.3) is 0 Å². The Bertz CT molecular complexity index is 365. The molecule has 0 saturated carbocycles. The van der Waals surface area contributed by atoms with Crippen molar-refractivity contribution in [1.29, 1.82) is 0 Å². The molecule has 0 saturated heterocycles.